The van der Waals surface area contributed by atoms with Crippen molar-refractivity contribution in [3.63, 3.8) is 0 Å². The summed E-state index contributed by atoms with van der Waals surface area (Å²) < 4.78 is 3.15. The average molecular weight is 577 g/mol. The smallest absolute Gasteiger partial charge is 0.350 e. The van der Waals surface area contributed by atoms with Crippen molar-refractivity contribution in [2.45, 2.75) is 39.8 Å². The average Bonchev–Trinajstić information content (AvgIpc) is 3.33. The van der Waals surface area contributed by atoms with Crippen LogP contribution in [0.1, 0.15) is 37.6 Å². The van der Waals surface area contributed by atoms with Crippen LogP contribution in [-0.2, 0) is 6.54 Å². The summed E-state index contributed by atoms with van der Waals surface area (Å²) in [7, 11) is 0. The molecule has 1 fully saturated rings. The molecule has 8 nitrogen and oxygen atoms in total. The minimum atomic E-state index is -0.0635. The second-order valence-electron chi connectivity index (χ2n) is 10.2. The van der Waals surface area contributed by atoms with Crippen LogP contribution in [-0.4, -0.2) is 81.6 Å². The lowest BCUT2D eigenvalue weighted by Crippen LogP contribution is -2.46. The second kappa shape index (κ2) is 15.0. The van der Waals surface area contributed by atoms with Gasteiger partial charge in [0.05, 0.1) is 6.04 Å². The highest BCUT2D eigenvalue weighted by Gasteiger charge is 2.20. The standard InChI is InChI=1S/C19H22ClN5O.C13H19NO/c20-16-5-3-6-17(15-16)23-13-11-22(12-14-23)8-4-10-25-19(26)24-9-2-1-7-18(24)21-25;1-4-14(5-2)11(3)13(15)12-9-7-6-8-10-12/h1-3,5-7,9,15H,4,8,10-14H2;6-11H,4-5H2,1-3H3. The summed E-state index contributed by atoms with van der Waals surface area (Å²) in [5, 5.41) is 5.16. The molecule has 0 bridgehead atoms. The minimum Gasteiger partial charge on any atom is -0.369 e. The van der Waals surface area contributed by atoms with Crippen molar-refractivity contribution >= 4 is 28.7 Å². The van der Waals surface area contributed by atoms with Crippen LogP contribution >= 0.6 is 11.6 Å². The number of likely N-dealkylation sites (N-methyl/N-ethyl adjacent to an activating group) is 1. The number of piperazine rings is 1. The highest BCUT2D eigenvalue weighted by atomic mass is 35.5. The number of rotatable bonds is 10. The lowest BCUT2D eigenvalue weighted by atomic mass is 10.0. The number of benzene rings is 2. The van der Waals surface area contributed by atoms with E-state index in [0.29, 0.717) is 12.2 Å². The number of fused-ring (bicyclic) bond motifs is 1. The molecule has 4 aromatic rings. The van der Waals surface area contributed by atoms with Gasteiger partial charge in [-0.15, -0.1) is 5.10 Å². The molecule has 2 aromatic heterocycles. The van der Waals surface area contributed by atoms with Gasteiger partial charge in [-0.05, 0) is 56.8 Å². The number of ketones is 1. The Balaban J connectivity index is 0.000000221. The number of pyridine rings is 1. The van der Waals surface area contributed by atoms with Gasteiger partial charge in [-0.2, -0.15) is 0 Å². The lowest BCUT2D eigenvalue weighted by Gasteiger charge is -2.36. The minimum absolute atomic E-state index is 0.0256. The summed E-state index contributed by atoms with van der Waals surface area (Å²) in [4.78, 5) is 31.3. The number of anilines is 1. The lowest BCUT2D eigenvalue weighted by molar-refractivity contribution is 0.0851. The largest absolute Gasteiger partial charge is 0.369 e. The van der Waals surface area contributed by atoms with E-state index in [-0.39, 0.29) is 17.5 Å². The van der Waals surface area contributed by atoms with Crippen molar-refractivity contribution in [2.24, 2.45) is 0 Å². The van der Waals surface area contributed by atoms with Gasteiger partial charge >= 0.3 is 5.69 Å². The molecule has 0 spiro atoms. The molecule has 0 saturated carbocycles. The summed E-state index contributed by atoms with van der Waals surface area (Å²) in [6.07, 6.45) is 2.68. The van der Waals surface area contributed by atoms with Crippen LogP contribution in [0.4, 0.5) is 5.69 Å². The van der Waals surface area contributed by atoms with E-state index in [9.17, 15) is 9.59 Å². The fraction of sp³-hybridized carbons (Fsp3) is 0.406. The molecule has 1 aliphatic heterocycles. The highest BCUT2D eigenvalue weighted by molar-refractivity contribution is 6.30. The second-order valence-corrected chi connectivity index (χ2v) is 10.7. The van der Waals surface area contributed by atoms with Crippen LogP contribution in [0.2, 0.25) is 5.02 Å². The van der Waals surface area contributed by atoms with Crippen molar-refractivity contribution in [3.8, 4) is 0 Å². The molecule has 0 radical (unpaired) electrons. The van der Waals surface area contributed by atoms with Crippen LogP contribution in [0.3, 0.4) is 0 Å². The number of carbonyl (C=O) groups is 1. The van der Waals surface area contributed by atoms with Gasteiger partial charge in [0.25, 0.3) is 0 Å². The van der Waals surface area contributed by atoms with Crippen LogP contribution in [0.15, 0.2) is 83.8 Å². The predicted octanol–water partition coefficient (Wildman–Crippen LogP) is 4.96. The Labute approximate surface area is 247 Å². The number of halogens is 1. The fourth-order valence-corrected chi connectivity index (χ4v) is 5.43. The van der Waals surface area contributed by atoms with Gasteiger partial charge in [-0.1, -0.05) is 67.9 Å². The first-order chi connectivity index (χ1) is 19.9. The van der Waals surface area contributed by atoms with E-state index < -0.39 is 0 Å². The Morgan fingerprint density at radius 1 is 0.927 bits per heavy atom. The fourth-order valence-electron chi connectivity index (χ4n) is 5.24. The molecule has 1 aliphatic rings. The third kappa shape index (κ3) is 8.06. The Hall–Kier alpha value is -3.46. The normalized spacial score (nSPS) is 14.6. The highest BCUT2D eigenvalue weighted by Crippen LogP contribution is 2.20. The topological polar surface area (TPSA) is 66.1 Å². The van der Waals surface area contributed by atoms with E-state index in [1.54, 1.807) is 15.3 Å². The molecular formula is C32H41ClN6O2. The van der Waals surface area contributed by atoms with Gasteiger partial charge in [-0.25, -0.2) is 9.48 Å². The maximum absolute atomic E-state index is 12.3. The molecule has 1 unspecified atom stereocenters. The summed E-state index contributed by atoms with van der Waals surface area (Å²) in [5.41, 5.74) is 2.63. The Bertz CT molecular complexity index is 1440. The van der Waals surface area contributed by atoms with E-state index in [0.717, 1.165) is 62.8 Å². The van der Waals surface area contributed by atoms with E-state index >= 15 is 0 Å². The summed E-state index contributed by atoms with van der Waals surface area (Å²) in [6, 6.07) is 23.1. The van der Waals surface area contributed by atoms with Gasteiger partial charge < -0.3 is 4.90 Å². The van der Waals surface area contributed by atoms with Crippen LogP contribution in [0, 0.1) is 0 Å². The molecule has 41 heavy (non-hydrogen) atoms. The molecule has 218 valence electrons. The number of hydrogen-bond acceptors (Lipinski definition) is 6. The van der Waals surface area contributed by atoms with E-state index in [1.807, 2.05) is 73.7 Å². The molecule has 1 saturated heterocycles. The first-order valence-corrected chi connectivity index (χ1v) is 14.9. The zero-order valence-electron chi connectivity index (χ0n) is 24.3. The van der Waals surface area contributed by atoms with Gasteiger partial charge in [0, 0.05) is 61.7 Å². The van der Waals surface area contributed by atoms with Crippen molar-refractivity contribution in [1.29, 1.82) is 0 Å². The van der Waals surface area contributed by atoms with Crippen molar-refractivity contribution < 1.29 is 4.79 Å². The van der Waals surface area contributed by atoms with E-state index in [2.05, 4.69) is 39.7 Å². The van der Waals surface area contributed by atoms with Crippen molar-refractivity contribution in [1.82, 2.24) is 24.0 Å². The summed E-state index contributed by atoms with van der Waals surface area (Å²) >= 11 is 6.09. The summed E-state index contributed by atoms with van der Waals surface area (Å²) in [5.74, 6) is 0.208. The third-order valence-corrected chi connectivity index (χ3v) is 7.91. The predicted molar refractivity (Wildman–Crippen MR) is 167 cm³/mol. The molecule has 9 heteroatoms. The maximum Gasteiger partial charge on any atom is 0.350 e. The van der Waals surface area contributed by atoms with Gasteiger partial charge in [0.2, 0.25) is 0 Å². The number of nitrogens with zero attached hydrogens (tertiary/aromatic N) is 6. The van der Waals surface area contributed by atoms with Crippen molar-refractivity contribution in [3.05, 3.63) is 100 Å². The van der Waals surface area contributed by atoms with Gasteiger partial charge in [-0.3, -0.25) is 19.0 Å². The first-order valence-electron chi connectivity index (χ1n) is 14.5. The molecule has 0 amide bonds. The third-order valence-electron chi connectivity index (χ3n) is 7.68. The molecule has 5 rings (SSSR count). The Morgan fingerprint density at radius 3 is 2.29 bits per heavy atom. The number of aryl methyl sites for hydroxylation is 1. The molecule has 0 N–H and O–H groups in total. The number of carbonyl (C=O) groups excluding carboxylic acids is 1. The first kappa shape index (κ1) is 30.5. The van der Waals surface area contributed by atoms with Gasteiger partial charge in [0.1, 0.15) is 0 Å². The molecule has 0 aliphatic carbocycles. The number of aromatic nitrogens is 3. The van der Waals surface area contributed by atoms with Crippen LogP contribution < -0.4 is 10.6 Å². The van der Waals surface area contributed by atoms with Gasteiger partial charge in [0.15, 0.2) is 11.4 Å². The quantitative estimate of drug-likeness (QED) is 0.249. The maximum atomic E-state index is 12.3. The Morgan fingerprint density at radius 2 is 1.63 bits per heavy atom. The van der Waals surface area contributed by atoms with Crippen LogP contribution in [0.25, 0.3) is 5.65 Å². The number of hydrogen-bond donors (Lipinski definition) is 0. The zero-order chi connectivity index (χ0) is 29.2. The number of Topliss-reactive ketones (excluding diaryl/α,β-unsaturated/α-hetero) is 1. The zero-order valence-corrected chi connectivity index (χ0v) is 25.1. The molecule has 1 atom stereocenters. The molecular weight excluding hydrogens is 536 g/mol. The van der Waals surface area contributed by atoms with E-state index in [4.69, 9.17) is 11.6 Å². The van der Waals surface area contributed by atoms with Crippen molar-refractivity contribution in [2.75, 3.05) is 50.7 Å². The molecule has 3 heterocycles. The van der Waals surface area contributed by atoms with Crippen LogP contribution in [0.5, 0.6) is 0 Å². The molecule has 2 aromatic carbocycles. The monoisotopic (exact) mass is 576 g/mol. The summed E-state index contributed by atoms with van der Waals surface area (Å²) in [6.45, 7) is 13.6. The SMILES string of the molecule is CCN(CC)C(C)C(=O)c1ccccc1.O=c1n(CCCN2CCN(c3cccc(Cl)c3)CC2)nc2ccccn12. The van der Waals surface area contributed by atoms with E-state index in [1.165, 1.54) is 5.69 Å². The Kier molecular flexibility index (Phi) is 11.1.